The number of halogens is 1. The third kappa shape index (κ3) is 2.77. The lowest BCUT2D eigenvalue weighted by molar-refractivity contribution is 1.11. The quantitative estimate of drug-likeness (QED) is 0.814. The van der Waals surface area contributed by atoms with Gasteiger partial charge in [-0.1, -0.05) is 41.4 Å². The zero-order chi connectivity index (χ0) is 13.1. The maximum Gasteiger partial charge on any atom is 0.0765 e. The topological polar surface area (TPSA) is 38.0 Å². The number of anilines is 2. The number of rotatable bonds is 3. The van der Waals surface area contributed by atoms with E-state index in [9.17, 15) is 0 Å². The summed E-state index contributed by atoms with van der Waals surface area (Å²) >= 11 is 6.12. The number of nitrogens with one attached hydrogen (secondary N) is 1. The van der Waals surface area contributed by atoms with Gasteiger partial charge in [-0.3, -0.25) is 0 Å². The van der Waals surface area contributed by atoms with Crippen LogP contribution in [-0.2, 0) is 6.54 Å². The molecule has 2 aromatic rings. The molecule has 0 atom stereocenters. The highest BCUT2D eigenvalue weighted by molar-refractivity contribution is 6.33. The van der Waals surface area contributed by atoms with Gasteiger partial charge in [0.05, 0.1) is 16.4 Å². The summed E-state index contributed by atoms with van der Waals surface area (Å²) in [7, 11) is 0. The van der Waals surface area contributed by atoms with Gasteiger partial charge < -0.3 is 11.1 Å². The Kier molecular flexibility index (Phi) is 3.78. The van der Waals surface area contributed by atoms with Gasteiger partial charge in [0.1, 0.15) is 0 Å². The number of nitrogens with two attached hydrogens (primary N) is 1. The van der Waals surface area contributed by atoms with Crippen LogP contribution in [-0.4, -0.2) is 0 Å². The molecule has 0 spiro atoms. The number of aryl methyl sites for hydroxylation is 2. The lowest BCUT2D eigenvalue weighted by Gasteiger charge is -2.13. The molecule has 0 bridgehead atoms. The van der Waals surface area contributed by atoms with Crippen molar-refractivity contribution in [2.45, 2.75) is 20.4 Å². The predicted molar refractivity (Wildman–Crippen MR) is 79.1 cm³/mol. The van der Waals surface area contributed by atoms with Crippen LogP contribution in [0.25, 0.3) is 0 Å². The van der Waals surface area contributed by atoms with Crippen LogP contribution in [0.15, 0.2) is 36.4 Å². The highest BCUT2D eigenvalue weighted by Crippen LogP contribution is 2.28. The molecule has 2 aromatic carbocycles. The fourth-order valence-corrected chi connectivity index (χ4v) is 2.20. The Morgan fingerprint density at radius 2 is 1.94 bits per heavy atom. The Morgan fingerprint density at radius 3 is 2.61 bits per heavy atom. The van der Waals surface area contributed by atoms with Crippen LogP contribution in [0.1, 0.15) is 16.7 Å². The second-order valence-corrected chi connectivity index (χ2v) is 4.89. The van der Waals surface area contributed by atoms with Crippen LogP contribution >= 0.6 is 11.6 Å². The lowest BCUT2D eigenvalue weighted by atomic mass is 10.1. The minimum atomic E-state index is 0.653. The average Bonchev–Trinajstić information content (AvgIpc) is 2.31. The molecular formula is C15H17ClN2. The predicted octanol–water partition coefficient (Wildman–Crippen LogP) is 4.15. The molecule has 2 rings (SSSR count). The molecular weight excluding hydrogens is 244 g/mol. The first kappa shape index (κ1) is 12.8. The van der Waals surface area contributed by atoms with E-state index in [0.717, 1.165) is 12.2 Å². The molecule has 0 aliphatic heterocycles. The summed E-state index contributed by atoms with van der Waals surface area (Å²) in [5.74, 6) is 0. The maximum absolute atomic E-state index is 6.12. The number of hydrogen-bond donors (Lipinski definition) is 2. The Morgan fingerprint density at radius 1 is 1.17 bits per heavy atom. The fraction of sp³-hybridized carbons (Fsp3) is 0.200. The molecule has 0 radical (unpaired) electrons. The van der Waals surface area contributed by atoms with E-state index in [-0.39, 0.29) is 0 Å². The monoisotopic (exact) mass is 260 g/mol. The first-order valence-corrected chi connectivity index (χ1v) is 6.29. The van der Waals surface area contributed by atoms with Crippen molar-refractivity contribution in [3.8, 4) is 0 Å². The van der Waals surface area contributed by atoms with Gasteiger partial charge >= 0.3 is 0 Å². The van der Waals surface area contributed by atoms with Crippen molar-refractivity contribution < 1.29 is 0 Å². The van der Waals surface area contributed by atoms with E-state index in [1.165, 1.54) is 16.7 Å². The van der Waals surface area contributed by atoms with Crippen molar-refractivity contribution in [3.63, 3.8) is 0 Å². The Labute approximate surface area is 113 Å². The smallest absolute Gasteiger partial charge is 0.0765 e. The molecule has 0 heterocycles. The van der Waals surface area contributed by atoms with Crippen LogP contribution in [0, 0.1) is 13.8 Å². The molecule has 0 unspecified atom stereocenters. The van der Waals surface area contributed by atoms with Crippen LogP contribution in [0.4, 0.5) is 11.4 Å². The molecule has 0 aliphatic rings. The molecule has 0 fully saturated rings. The normalized spacial score (nSPS) is 10.4. The number of hydrogen-bond acceptors (Lipinski definition) is 2. The summed E-state index contributed by atoms with van der Waals surface area (Å²) in [6.45, 7) is 4.93. The third-order valence-corrected chi connectivity index (χ3v) is 3.31. The molecule has 0 saturated carbocycles. The molecule has 18 heavy (non-hydrogen) atoms. The Hall–Kier alpha value is -1.67. The van der Waals surface area contributed by atoms with Gasteiger partial charge in [0.2, 0.25) is 0 Å². The zero-order valence-electron chi connectivity index (χ0n) is 10.6. The summed E-state index contributed by atoms with van der Waals surface area (Å²) in [4.78, 5) is 0. The van der Waals surface area contributed by atoms with Gasteiger partial charge in [0, 0.05) is 6.54 Å². The highest BCUT2D eigenvalue weighted by atomic mass is 35.5. The molecule has 94 valence electrons. The molecule has 0 saturated heterocycles. The van der Waals surface area contributed by atoms with Crippen molar-refractivity contribution >= 4 is 23.0 Å². The second-order valence-electron chi connectivity index (χ2n) is 4.49. The van der Waals surface area contributed by atoms with Crippen LogP contribution in [0.3, 0.4) is 0 Å². The van der Waals surface area contributed by atoms with Crippen molar-refractivity contribution in [2.75, 3.05) is 11.1 Å². The van der Waals surface area contributed by atoms with E-state index in [0.29, 0.717) is 10.7 Å². The van der Waals surface area contributed by atoms with Gasteiger partial charge in [-0.25, -0.2) is 0 Å². The standard InChI is InChI=1S/C15H17ClN2/c1-10-6-7-12(11(2)8-10)9-18-15-13(16)4-3-5-14(15)17/h3-8,18H,9,17H2,1-2H3. The molecule has 0 aromatic heterocycles. The first-order valence-electron chi connectivity index (χ1n) is 5.92. The number of benzene rings is 2. The van der Waals surface area contributed by atoms with Crippen LogP contribution in [0.2, 0.25) is 5.02 Å². The van der Waals surface area contributed by atoms with Crippen LogP contribution in [0.5, 0.6) is 0 Å². The summed E-state index contributed by atoms with van der Waals surface area (Å²) < 4.78 is 0. The van der Waals surface area contributed by atoms with Crippen molar-refractivity contribution in [1.29, 1.82) is 0 Å². The summed E-state index contributed by atoms with van der Waals surface area (Å²) in [5, 5.41) is 3.95. The lowest BCUT2D eigenvalue weighted by Crippen LogP contribution is -2.04. The maximum atomic E-state index is 6.12. The van der Waals surface area contributed by atoms with Crippen molar-refractivity contribution in [3.05, 3.63) is 58.1 Å². The summed E-state index contributed by atoms with van der Waals surface area (Å²) in [6.07, 6.45) is 0. The van der Waals surface area contributed by atoms with Gasteiger partial charge in [-0.15, -0.1) is 0 Å². The molecule has 2 nitrogen and oxygen atoms in total. The molecule has 3 heteroatoms. The highest BCUT2D eigenvalue weighted by Gasteiger charge is 2.05. The van der Waals surface area contributed by atoms with E-state index in [1.807, 2.05) is 18.2 Å². The molecule has 0 aliphatic carbocycles. The van der Waals surface area contributed by atoms with E-state index >= 15 is 0 Å². The third-order valence-electron chi connectivity index (χ3n) is 3.00. The minimum absolute atomic E-state index is 0.653. The zero-order valence-corrected chi connectivity index (χ0v) is 11.4. The SMILES string of the molecule is Cc1ccc(CNc2c(N)cccc2Cl)c(C)c1. The second kappa shape index (κ2) is 5.32. The van der Waals surface area contributed by atoms with E-state index < -0.39 is 0 Å². The molecule has 0 amide bonds. The largest absolute Gasteiger partial charge is 0.397 e. The fourth-order valence-electron chi connectivity index (χ4n) is 1.96. The van der Waals surface area contributed by atoms with E-state index in [1.54, 1.807) is 0 Å². The first-order chi connectivity index (χ1) is 8.58. The summed E-state index contributed by atoms with van der Waals surface area (Å²) in [5.41, 5.74) is 11.2. The van der Waals surface area contributed by atoms with Gasteiger partial charge in [0.15, 0.2) is 0 Å². The number of nitrogen functional groups attached to an aromatic ring is 1. The molecule has 3 N–H and O–H groups in total. The number of para-hydroxylation sites is 1. The van der Waals surface area contributed by atoms with Crippen LogP contribution < -0.4 is 11.1 Å². The van der Waals surface area contributed by atoms with E-state index in [2.05, 4.69) is 37.4 Å². The van der Waals surface area contributed by atoms with Crippen molar-refractivity contribution in [1.82, 2.24) is 0 Å². The Bertz CT molecular complexity index is 544. The van der Waals surface area contributed by atoms with Gasteiger partial charge in [0.25, 0.3) is 0 Å². The Balaban J connectivity index is 2.16. The average molecular weight is 261 g/mol. The van der Waals surface area contributed by atoms with Gasteiger partial charge in [-0.2, -0.15) is 0 Å². The minimum Gasteiger partial charge on any atom is -0.397 e. The van der Waals surface area contributed by atoms with Crippen molar-refractivity contribution in [2.24, 2.45) is 0 Å². The van der Waals surface area contributed by atoms with Gasteiger partial charge in [-0.05, 0) is 37.1 Å². The summed E-state index contributed by atoms with van der Waals surface area (Å²) in [6, 6.07) is 11.9. The van der Waals surface area contributed by atoms with E-state index in [4.69, 9.17) is 17.3 Å².